The van der Waals surface area contributed by atoms with Crippen LogP contribution in [-0.2, 0) is 24.4 Å². The summed E-state index contributed by atoms with van der Waals surface area (Å²) in [5.74, 6) is 0.730. The Morgan fingerprint density at radius 3 is 2.31 bits per heavy atom. The molecule has 7 nitrogen and oxygen atoms in total. The highest BCUT2D eigenvalue weighted by molar-refractivity contribution is 9.10. The fourth-order valence-electron chi connectivity index (χ4n) is 5.63. The molecule has 2 amide bonds. The van der Waals surface area contributed by atoms with Gasteiger partial charge >= 0.3 is 0 Å². The summed E-state index contributed by atoms with van der Waals surface area (Å²) in [4.78, 5) is 30.9. The first-order chi connectivity index (χ1) is 20.3. The average molecular weight is 637 g/mol. The van der Waals surface area contributed by atoms with Gasteiger partial charge in [-0.1, -0.05) is 60.1 Å². The molecular formula is C34H42BrN3O4. The standard InChI is InChI=1S/C34H42BrN3O4/c1-4-27(5-2)34(41)38(30-15-17-37(18-16-30)22-26-11-14-32(42-3)31(39)20-26)23-24-9-12-28(13-10-24)33(40)36-21-25-7-6-8-29(35)19-25/h6-14,19-20,27,30,39H,4-5,15-18,21-23H2,1-3H3,(H,36,40). The first-order valence-corrected chi connectivity index (χ1v) is 15.6. The van der Waals surface area contributed by atoms with Crippen molar-refractivity contribution in [3.05, 3.63) is 93.5 Å². The summed E-state index contributed by atoms with van der Waals surface area (Å²) in [5, 5.41) is 13.1. The van der Waals surface area contributed by atoms with E-state index in [1.54, 1.807) is 19.2 Å². The number of phenols is 1. The fraction of sp³-hybridized carbons (Fsp3) is 0.412. The Morgan fingerprint density at radius 2 is 1.69 bits per heavy atom. The number of phenolic OH excluding ortho intramolecular Hbond substituents is 1. The zero-order valence-electron chi connectivity index (χ0n) is 24.8. The molecule has 0 saturated carbocycles. The van der Waals surface area contributed by atoms with Crippen LogP contribution in [-0.4, -0.2) is 53.0 Å². The van der Waals surface area contributed by atoms with Gasteiger partial charge in [0.2, 0.25) is 5.91 Å². The molecule has 1 saturated heterocycles. The second kappa shape index (κ2) is 15.2. The van der Waals surface area contributed by atoms with E-state index >= 15 is 0 Å². The number of methoxy groups -OCH3 is 1. The quantitative estimate of drug-likeness (QED) is 0.237. The molecule has 0 unspecified atom stereocenters. The Balaban J connectivity index is 1.38. The molecule has 3 aromatic rings. The van der Waals surface area contributed by atoms with Crippen LogP contribution in [0.2, 0.25) is 0 Å². The number of likely N-dealkylation sites (tertiary alicyclic amines) is 1. The van der Waals surface area contributed by atoms with Gasteiger partial charge in [-0.25, -0.2) is 0 Å². The first kappa shape index (κ1) is 31.6. The summed E-state index contributed by atoms with van der Waals surface area (Å²) in [7, 11) is 1.55. The zero-order valence-corrected chi connectivity index (χ0v) is 26.4. The van der Waals surface area contributed by atoms with Crippen molar-refractivity contribution in [2.24, 2.45) is 5.92 Å². The van der Waals surface area contributed by atoms with Crippen LogP contribution in [0.3, 0.4) is 0 Å². The van der Waals surface area contributed by atoms with Gasteiger partial charge in [0.05, 0.1) is 7.11 Å². The zero-order chi connectivity index (χ0) is 30.1. The lowest BCUT2D eigenvalue weighted by Crippen LogP contribution is -2.48. The monoisotopic (exact) mass is 635 g/mol. The molecule has 0 radical (unpaired) electrons. The molecule has 0 spiro atoms. The van der Waals surface area contributed by atoms with Gasteiger partial charge in [-0.3, -0.25) is 14.5 Å². The van der Waals surface area contributed by atoms with Gasteiger partial charge in [0.15, 0.2) is 11.5 Å². The molecule has 0 atom stereocenters. The van der Waals surface area contributed by atoms with E-state index in [9.17, 15) is 14.7 Å². The highest BCUT2D eigenvalue weighted by Crippen LogP contribution is 2.28. The molecule has 42 heavy (non-hydrogen) atoms. The molecule has 8 heteroatoms. The largest absolute Gasteiger partial charge is 0.504 e. The molecule has 1 aliphatic rings. The molecule has 1 aliphatic heterocycles. The number of halogens is 1. The van der Waals surface area contributed by atoms with E-state index in [2.05, 4.69) is 44.9 Å². The van der Waals surface area contributed by atoms with E-state index in [0.717, 1.165) is 66.5 Å². The van der Waals surface area contributed by atoms with E-state index in [4.69, 9.17) is 4.74 Å². The molecule has 1 heterocycles. The number of hydrogen-bond acceptors (Lipinski definition) is 5. The van der Waals surface area contributed by atoms with Crippen molar-refractivity contribution < 1.29 is 19.4 Å². The summed E-state index contributed by atoms with van der Waals surface area (Å²) in [6.45, 7) is 7.65. The Kier molecular flexibility index (Phi) is 11.4. The smallest absolute Gasteiger partial charge is 0.251 e. The van der Waals surface area contributed by atoms with Crippen LogP contribution < -0.4 is 10.1 Å². The van der Waals surface area contributed by atoms with Crippen LogP contribution in [0.4, 0.5) is 0 Å². The molecule has 4 rings (SSSR count). The Hall–Kier alpha value is -3.36. The van der Waals surface area contributed by atoms with Gasteiger partial charge in [0.25, 0.3) is 5.91 Å². The molecule has 1 fully saturated rings. The van der Waals surface area contributed by atoms with Crippen LogP contribution in [0.1, 0.15) is 66.6 Å². The highest BCUT2D eigenvalue weighted by atomic mass is 79.9. The summed E-state index contributed by atoms with van der Waals surface area (Å²) < 4.78 is 6.15. The van der Waals surface area contributed by atoms with Crippen molar-refractivity contribution in [3.63, 3.8) is 0 Å². The van der Waals surface area contributed by atoms with Gasteiger partial charge < -0.3 is 20.1 Å². The van der Waals surface area contributed by atoms with Crippen LogP contribution in [0.25, 0.3) is 0 Å². The minimum Gasteiger partial charge on any atom is -0.504 e. The molecule has 3 aromatic carbocycles. The van der Waals surface area contributed by atoms with Gasteiger partial charge in [-0.05, 0) is 78.8 Å². The van der Waals surface area contributed by atoms with Crippen molar-refractivity contribution in [3.8, 4) is 11.5 Å². The second-order valence-corrected chi connectivity index (χ2v) is 11.9. The Morgan fingerprint density at radius 1 is 1.00 bits per heavy atom. The van der Waals surface area contributed by atoms with E-state index in [1.807, 2.05) is 54.6 Å². The van der Waals surface area contributed by atoms with Gasteiger partial charge in [0.1, 0.15) is 0 Å². The summed E-state index contributed by atoms with van der Waals surface area (Å²) in [6, 6.07) is 21.2. The topological polar surface area (TPSA) is 82.1 Å². The summed E-state index contributed by atoms with van der Waals surface area (Å²) in [5.41, 5.74) is 3.69. The fourth-order valence-corrected chi connectivity index (χ4v) is 6.08. The summed E-state index contributed by atoms with van der Waals surface area (Å²) in [6.07, 6.45) is 3.43. The van der Waals surface area contributed by atoms with Crippen molar-refractivity contribution in [1.29, 1.82) is 0 Å². The molecule has 0 aliphatic carbocycles. The molecule has 224 valence electrons. The third-order valence-electron chi connectivity index (χ3n) is 8.18. The number of aromatic hydroxyl groups is 1. The van der Waals surface area contributed by atoms with Gasteiger partial charge in [-0.2, -0.15) is 0 Å². The maximum atomic E-state index is 13.7. The predicted octanol–water partition coefficient (Wildman–Crippen LogP) is 6.52. The number of rotatable bonds is 12. The number of carbonyl (C=O) groups excluding carboxylic acids is 2. The van der Waals surface area contributed by atoms with E-state index in [1.165, 1.54) is 0 Å². The van der Waals surface area contributed by atoms with Crippen LogP contribution in [0, 0.1) is 5.92 Å². The lowest BCUT2D eigenvalue weighted by Gasteiger charge is -2.40. The van der Waals surface area contributed by atoms with Crippen molar-refractivity contribution in [2.75, 3.05) is 20.2 Å². The Labute approximate surface area is 258 Å². The van der Waals surface area contributed by atoms with Gasteiger partial charge in [0, 0.05) is 54.7 Å². The minimum absolute atomic E-state index is 0.00776. The van der Waals surface area contributed by atoms with E-state index in [0.29, 0.717) is 24.4 Å². The normalized spacial score (nSPS) is 14.1. The number of benzene rings is 3. The lowest BCUT2D eigenvalue weighted by molar-refractivity contribution is -0.140. The van der Waals surface area contributed by atoms with Crippen molar-refractivity contribution in [1.82, 2.24) is 15.1 Å². The molecular weight excluding hydrogens is 594 g/mol. The number of piperidine rings is 1. The Bertz CT molecular complexity index is 1330. The molecule has 2 N–H and O–H groups in total. The highest BCUT2D eigenvalue weighted by Gasteiger charge is 2.31. The lowest BCUT2D eigenvalue weighted by atomic mass is 9.96. The van der Waals surface area contributed by atoms with Crippen LogP contribution in [0.5, 0.6) is 11.5 Å². The second-order valence-electron chi connectivity index (χ2n) is 11.0. The maximum absolute atomic E-state index is 13.7. The number of nitrogens with one attached hydrogen (secondary N) is 1. The SMILES string of the molecule is CCC(CC)C(=O)N(Cc1ccc(C(=O)NCc2cccc(Br)c2)cc1)C1CCN(Cc2ccc(OC)c(O)c2)CC1. The summed E-state index contributed by atoms with van der Waals surface area (Å²) >= 11 is 3.47. The third-order valence-corrected chi connectivity index (χ3v) is 8.67. The van der Waals surface area contributed by atoms with E-state index < -0.39 is 0 Å². The number of nitrogens with zero attached hydrogens (tertiary/aromatic N) is 2. The van der Waals surface area contributed by atoms with Crippen molar-refractivity contribution in [2.45, 2.75) is 65.2 Å². The maximum Gasteiger partial charge on any atom is 0.251 e. The average Bonchev–Trinajstić information content (AvgIpc) is 3.00. The first-order valence-electron chi connectivity index (χ1n) is 14.8. The predicted molar refractivity (Wildman–Crippen MR) is 169 cm³/mol. The van der Waals surface area contributed by atoms with Crippen LogP contribution >= 0.6 is 15.9 Å². The third kappa shape index (κ3) is 8.35. The van der Waals surface area contributed by atoms with E-state index in [-0.39, 0.29) is 29.5 Å². The van der Waals surface area contributed by atoms with Gasteiger partial charge in [-0.15, -0.1) is 0 Å². The number of carbonyl (C=O) groups is 2. The molecule has 0 aromatic heterocycles. The van der Waals surface area contributed by atoms with Crippen molar-refractivity contribution >= 4 is 27.7 Å². The number of ether oxygens (including phenoxy) is 1. The number of amides is 2. The minimum atomic E-state index is -0.121. The molecule has 0 bridgehead atoms. The van der Waals surface area contributed by atoms with Crippen LogP contribution in [0.15, 0.2) is 71.2 Å². The number of hydrogen-bond donors (Lipinski definition) is 2.